The van der Waals surface area contributed by atoms with Crippen LogP contribution in [0.5, 0.6) is 0 Å². The van der Waals surface area contributed by atoms with Crippen LogP contribution in [-0.4, -0.2) is 0 Å². The van der Waals surface area contributed by atoms with Crippen molar-refractivity contribution >= 4 is 5.57 Å². The molecule has 0 saturated carbocycles. The minimum Gasteiger partial charge on any atom is -0.173 e. The molecule has 0 saturated heterocycles. The van der Waals surface area contributed by atoms with Crippen molar-refractivity contribution in [1.82, 2.24) is 0 Å². The molecule has 0 aliphatic carbocycles. The molecule has 0 nitrogen and oxygen atoms in total. The minimum absolute atomic E-state index is 0.00111. The first kappa shape index (κ1) is 10.6. The first-order valence-corrected chi connectivity index (χ1v) is 4.95. The summed E-state index contributed by atoms with van der Waals surface area (Å²) < 4.78 is 25.9. The normalized spacial score (nSPS) is 9.88. The molecule has 0 aliphatic rings. The summed E-state index contributed by atoms with van der Waals surface area (Å²) in [5.41, 5.74) is 1.07. The van der Waals surface area contributed by atoms with Crippen LogP contribution in [0.1, 0.15) is 11.1 Å². The molecule has 0 N–H and O–H groups in total. The van der Waals surface area contributed by atoms with Gasteiger partial charge in [-0.15, -0.1) is 0 Å². The highest BCUT2D eigenvalue weighted by Crippen LogP contribution is 2.27. The van der Waals surface area contributed by atoms with E-state index in [0.717, 1.165) is 0 Å². The van der Waals surface area contributed by atoms with E-state index in [1.807, 2.05) is 12.1 Å². The topological polar surface area (TPSA) is 0 Å². The van der Waals surface area contributed by atoms with Gasteiger partial charge in [-0.2, -0.15) is 8.78 Å². The molecule has 0 heterocycles. The summed E-state index contributed by atoms with van der Waals surface area (Å²) in [4.78, 5) is 0. The summed E-state index contributed by atoms with van der Waals surface area (Å²) in [5, 5.41) is 0. The molecule has 0 unspecified atom stereocenters. The number of hydrogen-bond acceptors (Lipinski definition) is 0. The lowest BCUT2D eigenvalue weighted by atomic mass is 9.99. The van der Waals surface area contributed by atoms with E-state index in [4.69, 9.17) is 0 Å². The first-order valence-electron chi connectivity index (χ1n) is 4.95. The van der Waals surface area contributed by atoms with Crippen LogP contribution < -0.4 is 0 Å². The largest absolute Gasteiger partial charge is 0.278 e. The third-order valence-electron chi connectivity index (χ3n) is 2.31. The number of hydrogen-bond donors (Lipinski definition) is 0. The highest BCUT2D eigenvalue weighted by molar-refractivity contribution is 5.80. The Morgan fingerprint density at radius 2 is 1.00 bits per heavy atom. The summed E-state index contributed by atoms with van der Waals surface area (Å²) in [6.45, 7) is 0. The third-order valence-corrected chi connectivity index (χ3v) is 2.31. The van der Waals surface area contributed by atoms with E-state index in [9.17, 15) is 8.78 Å². The average Bonchev–Trinajstić information content (AvgIpc) is 2.31. The second-order valence-electron chi connectivity index (χ2n) is 3.37. The molecule has 2 rings (SSSR count). The second-order valence-corrected chi connectivity index (χ2v) is 3.37. The van der Waals surface area contributed by atoms with Crippen molar-refractivity contribution in [3.63, 3.8) is 0 Å². The zero-order chi connectivity index (χ0) is 11.4. The maximum Gasteiger partial charge on any atom is 0.278 e. The Morgan fingerprint density at radius 1 is 0.625 bits per heavy atom. The van der Waals surface area contributed by atoms with Crippen LogP contribution in [0.2, 0.25) is 0 Å². The fraction of sp³-hybridized carbons (Fsp3) is 0. The Balaban J connectivity index is 2.54. The predicted octanol–water partition coefficient (Wildman–Crippen LogP) is 4.34. The molecule has 16 heavy (non-hydrogen) atoms. The van der Waals surface area contributed by atoms with Crippen LogP contribution in [0.4, 0.5) is 8.78 Å². The molecule has 0 spiro atoms. The van der Waals surface area contributed by atoms with Crippen molar-refractivity contribution in [2.45, 2.75) is 0 Å². The smallest absolute Gasteiger partial charge is 0.173 e. The summed E-state index contributed by atoms with van der Waals surface area (Å²) in [7, 11) is 0. The molecule has 0 radical (unpaired) electrons. The van der Waals surface area contributed by atoms with Crippen molar-refractivity contribution in [2.24, 2.45) is 0 Å². The van der Waals surface area contributed by atoms with Gasteiger partial charge in [0.05, 0.1) is 5.57 Å². The molecule has 0 amide bonds. The lowest BCUT2D eigenvalue weighted by Crippen LogP contribution is -1.88. The molecule has 2 heteroatoms. The SMILES string of the molecule is FC(F)=C(c1ccccc1)c1ccccc1. The van der Waals surface area contributed by atoms with Gasteiger partial charge in [0.1, 0.15) is 0 Å². The van der Waals surface area contributed by atoms with Crippen molar-refractivity contribution in [1.29, 1.82) is 0 Å². The van der Waals surface area contributed by atoms with Crippen LogP contribution in [-0.2, 0) is 0 Å². The van der Waals surface area contributed by atoms with Gasteiger partial charge in [0.2, 0.25) is 0 Å². The summed E-state index contributed by atoms with van der Waals surface area (Å²) >= 11 is 0. The zero-order valence-electron chi connectivity index (χ0n) is 8.53. The fourth-order valence-corrected chi connectivity index (χ4v) is 1.59. The Bertz CT molecular complexity index is 441. The van der Waals surface area contributed by atoms with Gasteiger partial charge < -0.3 is 0 Å². The van der Waals surface area contributed by atoms with Gasteiger partial charge in [-0.05, 0) is 11.1 Å². The molecule has 0 fully saturated rings. The second kappa shape index (κ2) is 4.71. The van der Waals surface area contributed by atoms with Gasteiger partial charge >= 0.3 is 0 Å². The van der Waals surface area contributed by atoms with Crippen LogP contribution >= 0.6 is 0 Å². The Morgan fingerprint density at radius 3 is 1.31 bits per heavy atom. The number of rotatable bonds is 2. The van der Waals surface area contributed by atoms with E-state index in [2.05, 4.69) is 0 Å². The molecular formula is C14H10F2. The van der Waals surface area contributed by atoms with Gasteiger partial charge in [-0.3, -0.25) is 0 Å². The van der Waals surface area contributed by atoms with E-state index in [1.54, 1.807) is 48.5 Å². The number of benzene rings is 2. The van der Waals surface area contributed by atoms with E-state index in [1.165, 1.54) is 0 Å². The van der Waals surface area contributed by atoms with Crippen molar-refractivity contribution in [3.8, 4) is 0 Å². The first-order chi connectivity index (χ1) is 7.79. The molecular weight excluding hydrogens is 206 g/mol. The van der Waals surface area contributed by atoms with E-state index in [0.29, 0.717) is 11.1 Å². The van der Waals surface area contributed by atoms with Crippen molar-refractivity contribution < 1.29 is 8.78 Å². The molecule has 80 valence electrons. The van der Waals surface area contributed by atoms with E-state index < -0.39 is 6.08 Å². The minimum atomic E-state index is -1.66. The van der Waals surface area contributed by atoms with Gasteiger partial charge in [0.15, 0.2) is 0 Å². The molecule has 0 aliphatic heterocycles. The predicted molar refractivity (Wildman–Crippen MR) is 61.1 cm³/mol. The Hall–Kier alpha value is -1.96. The maximum absolute atomic E-state index is 13.0. The lowest BCUT2D eigenvalue weighted by Gasteiger charge is -2.06. The lowest BCUT2D eigenvalue weighted by molar-refractivity contribution is 0.426. The Labute approximate surface area is 92.9 Å². The van der Waals surface area contributed by atoms with Gasteiger partial charge in [-0.25, -0.2) is 0 Å². The summed E-state index contributed by atoms with van der Waals surface area (Å²) in [6.07, 6.45) is -1.66. The molecule has 2 aromatic rings. The molecule has 0 bridgehead atoms. The average molecular weight is 216 g/mol. The van der Waals surface area contributed by atoms with E-state index >= 15 is 0 Å². The summed E-state index contributed by atoms with van der Waals surface area (Å²) in [5.74, 6) is 0. The molecule has 0 aromatic heterocycles. The molecule has 2 aromatic carbocycles. The monoisotopic (exact) mass is 216 g/mol. The van der Waals surface area contributed by atoms with Crippen molar-refractivity contribution in [2.75, 3.05) is 0 Å². The van der Waals surface area contributed by atoms with Crippen LogP contribution in [0.25, 0.3) is 5.57 Å². The third kappa shape index (κ3) is 2.16. The zero-order valence-corrected chi connectivity index (χ0v) is 8.53. The number of halogens is 2. The van der Waals surface area contributed by atoms with Gasteiger partial charge in [0, 0.05) is 0 Å². The van der Waals surface area contributed by atoms with Crippen molar-refractivity contribution in [3.05, 3.63) is 77.9 Å². The van der Waals surface area contributed by atoms with E-state index in [-0.39, 0.29) is 5.57 Å². The summed E-state index contributed by atoms with van der Waals surface area (Å²) in [6, 6.07) is 17.3. The van der Waals surface area contributed by atoms with Crippen LogP contribution in [0, 0.1) is 0 Å². The Kier molecular flexibility index (Phi) is 3.10. The highest BCUT2D eigenvalue weighted by Gasteiger charge is 2.10. The quantitative estimate of drug-likeness (QED) is 0.700. The highest BCUT2D eigenvalue weighted by atomic mass is 19.3. The molecule has 0 atom stereocenters. The fourth-order valence-electron chi connectivity index (χ4n) is 1.59. The van der Waals surface area contributed by atoms with Gasteiger partial charge in [0.25, 0.3) is 6.08 Å². The standard InChI is InChI=1S/C14H10F2/c15-14(16)13(11-7-3-1-4-8-11)12-9-5-2-6-10-12/h1-10H. The van der Waals surface area contributed by atoms with Gasteiger partial charge in [-0.1, -0.05) is 60.7 Å². The maximum atomic E-state index is 13.0. The van der Waals surface area contributed by atoms with Crippen LogP contribution in [0.15, 0.2) is 66.7 Å². The van der Waals surface area contributed by atoms with Crippen LogP contribution in [0.3, 0.4) is 0 Å².